The van der Waals surface area contributed by atoms with E-state index in [0.29, 0.717) is 10.2 Å². The van der Waals surface area contributed by atoms with Gasteiger partial charge in [0.1, 0.15) is 0 Å². The maximum Gasteiger partial charge on any atom is 0.338 e. The van der Waals surface area contributed by atoms with Crippen molar-refractivity contribution in [2.24, 2.45) is 0 Å². The van der Waals surface area contributed by atoms with E-state index >= 15 is 0 Å². The van der Waals surface area contributed by atoms with Gasteiger partial charge in [-0.2, -0.15) is 0 Å². The van der Waals surface area contributed by atoms with Crippen molar-refractivity contribution in [2.75, 3.05) is 18.5 Å². The first-order chi connectivity index (χ1) is 7.60. The molecule has 4 N–H and O–H groups in total. The van der Waals surface area contributed by atoms with Crippen LogP contribution in [0.5, 0.6) is 0 Å². The maximum absolute atomic E-state index is 11.0. The van der Waals surface area contributed by atoms with E-state index in [9.17, 15) is 4.79 Å². The summed E-state index contributed by atoms with van der Waals surface area (Å²) in [7, 11) is 0. The summed E-state index contributed by atoms with van der Waals surface area (Å²) >= 11 is 3.14. The van der Waals surface area contributed by atoms with Gasteiger partial charge in [-0.25, -0.2) is 4.79 Å². The molecular weight excluding hydrogens is 278 g/mol. The minimum absolute atomic E-state index is 0.0781. The van der Waals surface area contributed by atoms with E-state index in [1.807, 2.05) is 0 Å². The number of nitrogens with one attached hydrogen (secondary N) is 1. The molecule has 0 atom stereocenters. The first-order valence-corrected chi connectivity index (χ1v) is 5.39. The molecule has 0 aromatic heterocycles. The second kappa shape index (κ2) is 5.83. The van der Waals surface area contributed by atoms with E-state index in [4.69, 9.17) is 15.3 Å². The lowest BCUT2D eigenvalue weighted by atomic mass is 10.1. The van der Waals surface area contributed by atoms with Crippen molar-refractivity contribution in [3.63, 3.8) is 0 Å². The quantitative estimate of drug-likeness (QED) is 0.647. The van der Waals surface area contributed by atoms with Gasteiger partial charge in [0.2, 0.25) is 0 Å². The van der Waals surface area contributed by atoms with Crippen LogP contribution in [-0.4, -0.2) is 40.5 Å². The van der Waals surface area contributed by atoms with Crippen LogP contribution in [0.15, 0.2) is 22.7 Å². The van der Waals surface area contributed by atoms with Crippen LogP contribution in [0.4, 0.5) is 5.69 Å². The average Bonchev–Trinajstić information content (AvgIpc) is 2.25. The van der Waals surface area contributed by atoms with Gasteiger partial charge >= 0.3 is 5.97 Å². The van der Waals surface area contributed by atoms with Crippen molar-refractivity contribution in [1.29, 1.82) is 0 Å². The second-order valence-corrected chi connectivity index (χ2v) is 4.03. The Morgan fingerprint density at radius 1 is 1.38 bits per heavy atom. The summed E-state index contributed by atoms with van der Waals surface area (Å²) in [4.78, 5) is 11.0. The number of aromatic carboxylic acids is 1. The number of halogens is 1. The third-order valence-corrected chi connectivity index (χ3v) is 2.69. The summed E-state index contributed by atoms with van der Waals surface area (Å²) < 4.78 is 0.444. The summed E-state index contributed by atoms with van der Waals surface area (Å²) in [6, 6.07) is 4.28. The zero-order valence-corrected chi connectivity index (χ0v) is 9.94. The van der Waals surface area contributed by atoms with Crippen LogP contribution in [0.25, 0.3) is 0 Å². The van der Waals surface area contributed by atoms with Gasteiger partial charge in [0.15, 0.2) is 0 Å². The molecule has 0 radical (unpaired) electrons. The van der Waals surface area contributed by atoms with Crippen molar-refractivity contribution in [3.8, 4) is 0 Å². The van der Waals surface area contributed by atoms with Crippen LogP contribution in [-0.2, 0) is 0 Å². The van der Waals surface area contributed by atoms with Gasteiger partial charge in [0.05, 0.1) is 30.5 Å². The van der Waals surface area contributed by atoms with E-state index in [0.717, 1.165) is 0 Å². The Hall–Kier alpha value is -1.11. The smallest absolute Gasteiger partial charge is 0.338 e. The molecule has 0 fully saturated rings. The standard InChI is InChI=1S/C10H12BrNO4/c11-7-2-1-3-8(9(7)10(15)16)12-6(4-13)5-14/h1-3,6,12-14H,4-5H2,(H,15,16). The molecule has 0 aliphatic rings. The molecular formula is C10H12BrNO4. The lowest BCUT2D eigenvalue weighted by molar-refractivity contribution is 0.0696. The van der Waals surface area contributed by atoms with Crippen LogP contribution >= 0.6 is 15.9 Å². The van der Waals surface area contributed by atoms with Gasteiger partial charge in [-0.3, -0.25) is 0 Å². The molecule has 16 heavy (non-hydrogen) atoms. The molecule has 0 saturated heterocycles. The van der Waals surface area contributed by atoms with Gasteiger partial charge in [0.25, 0.3) is 0 Å². The lowest BCUT2D eigenvalue weighted by Crippen LogP contribution is -2.28. The van der Waals surface area contributed by atoms with Crippen molar-refractivity contribution < 1.29 is 20.1 Å². The third-order valence-electron chi connectivity index (χ3n) is 2.03. The molecule has 0 bridgehead atoms. The van der Waals surface area contributed by atoms with Crippen LogP contribution < -0.4 is 5.32 Å². The summed E-state index contributed by atoms with van der Waals surface area (Å²) in [5, 5.41) is 29.6. The predicted octanol–water partition coefficient (Wildman–Crippen LogP) is 0.912. The Labute approximate surface area is 101 Å². The second-order valence-electron chi connectivity index (χ2n) is 3.17. The molecule has 0 amide bonds. The number of rotatable bonds is 5. The van der Waals surface area contributed by atoms with Gasteiger partial charge in [0, 0.05) is 4.47 Å². The van der Waals surface area contributed by atoms with Crippen LogP contribution in [0.3, 0.4) is 0 Å². The minimum atomic E-state index is -1.08. The first-order valence-electron chi connectivity index (χ1n) is 4.60. The fraction of sp³-hybridized carbons (Fsp3) is 0.300. The molecule has 6 heteroatoms. The number of carboxylic acids is 1. The van der Waals surface area contributed by atoms with Crippen molar-refractivity contribution in [1.82, 2.24) is 0 Å². The number of hydrogen-bond acceptors (Lipinski definition) is 4. The molecule has 88 valence electrons. The average molecular weight is 290 g/mol. The fourth-order valence-corrected chi connectivity index (χ4v) is 1.77. The molecule has 1 aromatic carbocycles. The Kier molecular flexibility index (Phi) is 4.72. The summed E-state index contributed by atoms with van der Waals surface area (Å²) in [5.74, 6) is -1.08. The van der Waals surface area contributed by atoms with Crippen molar-refractivity contribution in [3.05, 3.63) is 28.2 Å². The largest absolute Gasteiger partial charge is 0.478 e. The Morgan fingerprint density at radius 2 is 2.00 bits per heavy atom. The highest BCUT2D eigenvalue weighted by Crippen LogP contribution is 2.25. The zero-order chi connectivity index (χ0) is 12.1. The topological polar surface area (TPSA) is 89.8 Å². The summed E-state index contributed by atoms with van der Waals surface area (Å²) in [5.41, 5.74) is 0.435. The monoisotopic (exact) mass is 289 g/mol. The first kappa shape index (κ1) is 13.0. The Bertz CT molecular complexity index is 379. The van der Waals surface area contributed by atoms with E-state index in [-0.39, 0.29) is 18.8 Å². The molecule has 0 aliphatic heterocycles. The molecule has 0 saturated carbocycles. The molecule has 0 spiro atoms. The maximum atomic E-state index is 11.0. The SMILES string of the molecule is O=C(O)c1c(Br)cccc1NC(CO)CO. The van der Waals surface area contributed by atoms with Gasteiger partial charge in [-0.1, -0.05) is 6.07 Å². The predicted molar refractivity (Wildman–Crippen MR) is 62.7 cm³/mol. The number of hydrogen-bond donors (Lipinski definition) is 4. The van der Waals surface area contributed by atoms with Crippen LogP contribution in [0, 0.1) is 0 Å². The van der Waals surface area contributed by atoms with Crippen LogP contribution in [0.1, 0.15) is 10.4 Å². The van der Waals surface area contributed by atoms with Gasteiger partial charge in [-0.05, 0) is 28.1 Å². The Morgan fingerprint density at radius 3 is 2.50 bits per heavy atom. The molecule has 1 aromatic rings. The summed E-state index contributed by atoms with van der Waals surface area (Å²) in [6.45, 7) is -0.551. The number of aliphatic hydroxyl groups excluding tert-OH is 2. The highest BCUT2D eigenvalue weighted by molar-refractivity contribution is 9.10. The lowest BCUT2D eigenvalue weighted by Gasteiger charge is -2.17. The summed E-state index contributed by atoms with van der Waals surface area (Å²) in [6.07, 6.45) is 0. The van der Waals surface area contributed by atoms with E-state index in [2.05, 4.69) is 21.2 Å². The number of benzene rings is 1. The normalized spacial score (nSPS) is 10.5. The number of aliphatic hydroxyl groups is 2. The van der Waals surface area contributed by atoms with Crippen molar-refractivity contribution in [2.45, 2.75) is 6.04 Å². The zero-order valence-electron chi connectivity index (χ0n) is 8.35. The van der Waals surface area contributed by atoms with Gasteiger partial charge < -0.3 is 20.6 Å². The number of anilines is 1. The Balaban J connectivity index is 3.03. The molecule has 5 nitrogen and oxygen atoms in total. The fourth-order valence-electron chi connectivity index (χ4n) is 1.23. The van der Waals surface area contributed by atoms with Crippen molar-refractivity contribution >= 4 is 27.6 Å². The third kappa shape index (κ3) is 2.94. The van der Waals surface area contributed by atoms with Gasteiger partial charge in [-0.15, -0.1) is 0 Å². The van der Waals surface area contributed by atoms with Crippen LogP contribution in [0.2, 0.25) is 0 Å². The minimum Gasteiger partial charge on any atom is -0.478 e. The number of carboxylic acid groups (broad SMARTS) is 1. The highest BCUT2D eigenvalue weighted by atomic mass is 79.9. The molecule has 0 unspecified atom stereocenters. The van der Waals surface area contributed by atoms with E-state index < -0.39 is 12.0 Å². The molecule has 0 aliphatic carbocycles. The highest BCUT2D eigenvalue weighted by Gasteiger charge is 2.16. The number of carbonyl (C=O) groups is 1. The van der Waals surface area contributed by atoms with E-state index in [1.165, 1.54) is 0 Å². The van der Waals surface area contributed by atoms with E-state index in [1.54, 1.807) is 18.2 Å². The molecule has 0 heterocycles. The molecule has 1 rings (SSSR count).